The Morgan fingerprint density at radius 2 is 1.91 bits per heavy atom. The summed E-state index contributed by atoms with van der Waals surface area (Å²) in [5, 5.41) is 9.15. The summed E-state index contributed by atoms with van der Waals surface area (Å²) in [6.07, 6.45) is 2.78. The molecule has 4 fully saturated rings. The second kappa shape index (κ2) is 9.07. The molecule has 2 saturated heterocycles. The number of fused-ring (bicyclic) bond motifs is 1. The molecule has 0 aromatic heterocycles. The lowest BCUT2D eigenvalue weighted by molar-refractivity contribution is -0.141. The van der Waals surface area contributed by atoms with Crippen molar-refractivity contribution >= 4 is 11.6 Å². The average Bonchev–Trinajstić information content (AvgIpc) is 3.32. The van der Waals surface area contributed by atoms with Gasteiger partial charge in [-0.1, -0.05) is 12.8 Å². The van der Waals surface area contributed by atoms with E-state index in [1.54, 1.807) is 12.1 Å². The molecule has 0 spiro atoms. The number of nitriles is 1. The summed E-state index contributed by atoms with van der Waals surface area (Å²) in [4.78, 5) is 17.2. The van der Waals surface area contributed by atoms with E-state index in [4.69, 9.17) is 10.00 Å². The number of carbonyl (C=O) groups is 1. The zero-order valence-corrected chi connectivity index (χ0v) is 19.4. The summed E-state index contributed by atoms with van der Waals surface area (Å²) in [5.41, 5.74) is -1.05. The molecule has 5 rings (SSSR count). The van der Waals surface area contributed by atoms with Crippen molar-refractivity contribution in [3.63, 3.8) is 0 Å². The summed E-state index contributed by atoms with van der Waals surface area (Å²) < 4.78 is 46.9. The lowest BCUT2D eigenvalue weighted by atomic mass is 9.73. The third kappa shape index (κ3) is 4.64. The third-order valence-electron chi connectivity index (χ3n) is 8.32. The van der Waals surface area contributed by atoms with Gasteiger partial charge in [0.05, 0.1) is 23.8 Å². The van der Waals surface area contributed by atoms with Gasteiger partial charge in [-0.25, -0.2) is 0 Å². The van der Waals surface area contributed by atoms with E-state index in [1.807, 2.05) is 9.80 Å². The van der Waals surface area contributed by atoms with Gasteiger partial charge in [0.25, 0.3) is 0 Å². The van der Waals surface area contributed by atoms with E-state index >= 15 is 0 Å². The number of carbonyl (C=O) groups excluding carboxylic acids is 1. The Kier molecular flexibility index (Phi) is 6.26. The number of likely N-dealkylation sites (tertiary alicyclic amines) is 1. The van der Waals surface area contributed by atoms with E-state index in [0.29, 0.717) is 44.4 Å². The van der Waals surface area contributed by atoms with E-state index in [1.165, 1.54) is 18.9 Å². The number of nitrogens with zero attached hydrogens (tertiary/aromatic N) is 3. The molecule has 0 N–H and O–H groups in total. The number of alkyl halides is 3. The van der Waals surface area contributed by atoms with E-state index < -0.39 is 11.7 Å². The van der Waals surface area contributed by atoms with Crippen LogP contribution in [0.15, 0.2) is 18.2 Å². The van der Waals surface area contributed by atoms with Crippen LogP contribution in [0.3, 0.4) is 0 Å². The van der Waals surface area contributed by atoms with E-state index in [0.717, 1.165) is 44.8 Å². The Labute approximate surface area is 198 Å². The predicted molar refractivity (Wildman–Crippen MR) is 121 cm³/mol. The van der Waals surface area contributed by atoms with Crippen molar-refractivity contribution in [2.45, 2.75) is 51.1 Å². The van der Waals surface area contributed by atoms with Crippen LogP contribution < -0.4 is 4.90 Å². The van der Waals surface area contributed by atoms with Crippen molar-refractivity contribution in [3.05, 3.63) is 29.3 Å². The highest BCUT2D eigenvalue weighted by Gasteiger charge is 2.51. The van der Waals surface area contributed by atoms with Crippen LogP contribution in [0.4, 0.5) is 18.9 Å². The molecule has 1 aromatic carbocycles. The predicted octanol–water partition coefficient (Wildman–Crippen LogP) is 4.85. The quantitative estimate of drug-likeness (QED) is 0.590. The standard InChI is InChI=1S/C26H32F3N3O2/c27-26(28,29)23-11-22(8-7-20(23)12-30)32-13-21-9-10-31(24(33)19-3-1-2-4-19)15-25(21,16-32)17-34-14-18-5-6-18/h7-8,11,18-19,21H,1-6,9-10,13-17H2/t21-,25+/m0/s1. The third-order valence-corrected chi connectivity index (χ3v) is 8.32. The minimum atomic E-state index is -4.58. The molecular weight excluding hydrogens is 443 g/mol. The van der Waals surface area contributed by atoms with Gasteiger partial charge in [-0.05, 0) is 62.1 Å². The first kappa shape index (κ1) is 23.5. The zero-order valence-electron chi connectivity index (χ0n) is 19.4. The monoisotopic (exact) mass is 475 g/mol. The minimum Gasteiger partial charge on any atom is -0.380 e. The Morgan fingerprint density at radius 1 is 1.15 bits per heavy atom. The van der Waals surface area contributed by atoms with Crippen molar-refractivity contribution in [1.82, 2.24) is 4.90 Å². The number of hydrogen-bond donors (Lipinski definition) is 0. The van der Waals surface area contributed by atoms with Crippen molar-refractivity contribution in [2.24, 2.45) is 23.2 Å². The molecule has 8 heteroatoms. The van der Waals surface area contributed by atoms with Gasteiger partial charge in [0.1, 0.15) is 0 Å². The lowest BCUT2D eigenvalue weighted by Crippen LogP contribution is -2.54. The number of ether oxygens (including phenoxy) is 1. The van der Waals surface area contributed by atoms with Gasteiger partial charge in [0.2, 0.25) is 5.91 Å². The number of piperidine rings is 1. The second-order valence-electron chi connectivity index (χ2n) is 10.8. The molecule has 34 heavy (non-hydrogen) atoms. The van der Waals surface area contributed by atoms with Gasteiger partial charge in [-0.3, -0.25) is 4.79 Å². The number of amides is 1. The van der Waals surface area contributed by atoms with Crippen LogP contribution in [0.2, 0.25) is 0 Å². The number of halogens is 3. The molecular formula is C26H32F3N3O2. The van der Waals surface area contributed by atoms with Gasteiger partial charge in [0, 0.05) is 49.8 Å². The van der Waals surface area contributed by atoms with Crippen LogP contribution in [-0.4, -0.2) is 50.2 Å². The molecule has 0 bridgehead atoms. The molecule has 5 nitrogen and oxygen atoms in total. The van der Waals surface area contributed by atoms with Gasteiger partial charge in [-0.15, -0.1) is 0 Å². The summed E-state index contributed by atoms with van der Waals surface area (Å²) in [7, 11) is 0. The SMILES string of the molecule is N#Cc1ccc(N2C[C@@H]3CCN(C(=O)C4CCCC4)C[C@]3(COCC3CC3)C2)cc1C(F)(F)F. The fourth-order valence-electron chi connectivity index (χ4n) is 6.18. The summed E-state index contributed by atoms with van der Waals surface area (Å²) in [6.45, 7) is 3.76. The maximum absolute atomic E-state index is 13.6. The van der Waals surface area contributed by atoms with Crippen molar-refractivity contribution in [3.8, 4) is 6.07 Å². The minimum absolute atomic E-state index is 0.117. The Hall–Kier alpha value is -2.27. The van der Waals surface area contributed by atoms with Crippen LogP contribution in [0.25, 0.3) is 0 Å². The molecule has 184 valence electrons. The zero-order chi connectivity index (χ0) is 23.9. The normalized spacial score (nSPS) is 27.6. The fourth-order valence-corrected chi connectivity index (χ4v) is 6.18. The van der Waals surface area contributed by atoms with Gasteiger partial charge >= 0.3 is 6.18 Å². The first-order valence-electron chi connectivity index (χ1n) is 12.5. The van der Waals surface area contributed by atoms with Gasteiger partial charge < -0.3 is 14.5 Å². The topological polar surface area (TPSA) is 56.6 Å². The average molecular weight is 476 g/mol. The molecule has 4 aliphatic rings. The van der Waals surface area contributed by atoms with Gasteiger partial charge in [-0.2, -0.15) is 18.4 Å². The highest BCUT2D eigenvalue weighted by atomic mass is 19.4. The van der Waals surface area contributed by atoms with E-state index in [2.05, 4.69) is 0 Å². The number of hydrogen-bond acceptors (Lipinski definition) is 4. The number of benzene rings is 1. The van der Waals surface area contributed by atoms with Crippen molar-refractivity contribution in [2.75, 3.05) is 44.3 Å². The van der Waals surface area contributed by atoms with Crippen molar-refractivity contribution in [1.29, 1.82) is 5.26 Å². The maximum Gasteiger partial charge on any atom is 0.417 e. The number of anilines is 1. The van der Waals surface area contributed by atoms with Crippen LogP contribution >= 0.6 is 0 Å². The van der Waals surface area contributed by atoms with E-state index in [9.17, 15) is 18.0 Å². The molecule has 1 aromatic rings. The van der Waals surface area contributed by atoms with Crippen molar-refractivity contribution < 1.29 is 22.7 Å². The molecule has 0 radical (unpaired) electrons. The summed E-state index contributed by atoms with van der Waals surface area (Å²) >= 11 is 0. The largest absolute Gasteiger partial charge is 0.417 e. The molecule has 2 aliphatic heterocycles. The van der Waals surface area contributed by atoms with E-state index in [-0.39, 0.29) is 28.7 Å². The second-order valence-corrected chi connectivity index (χ2v) is 10.8. The highest BCUT2D eigenvalue weighted by molar-refractivity contribution is 5.79. The fraction of sp³-hybridized carbons (Fsp3) is 0.692. The van der Waals surface area contributed by atoms with Crippen LogP contribution in [0, 0.1) is 34.5 Å². The molecule has 1 amide bonds. The first-order chi connectivity index (χ1) is 16.3. The van der Waals surface area contributed by atoms with Crippen LogP contribution in [0.1, 0.15) is 56.1 Å². The molecule has 2 saturated carbocycles. The maximum atomic E-state index is 13.6. The summed E-state index contributed by atoms with van der Waals surface area (Å²) in [5.74, 6) is 1.24. The Morgan fingerprint density at radius 3 is 2.59 bits per heavy atom. The smallest absolute Gasteiger partial charge is 0.380 e. The van der Waals surface area contributed by atoms with Gasteiger partial charge in [0.15, 0.2) is 0 Å². The highest BCUT2D eigenvalue weighted by Crippen LogP contribution is 2.46. The van der Waals surface area contributed by atoms with Crippen LogP contribution in [-0.2, 0) is 15.7 Å². The summed E-state index contributed by atoms with van der Waals surface area (Å²) in [6, 6.07) is 5.66. The van der Waals surface area contributed by atoms with Crippen LogP contribution in [0.5, 0.6) is 0 Å². The molecule has 2 aliphatic carbocycles. The lowest BCUT2D eigenvalue weighted by Gasteiger charge is -2.44. The Balaban J connectivity index is 1.38. The Bertz CT molecular complexity index is 965. The molecule has 0 unspecified atom stereocenters. The molecule has 2 atom stereocenters. The molecule has 2 heterocycles. The first-order valence-corrected chi connectivity index (χ1v) is 12.5. The number of rotatable bonds is 6.